The van der Waals surface area contributed by atoms with Crippen molar-refractivity contribution in [1.82, 2.24) is 25.3 Å². The van der Waals surface area contributed by atoms with Crippen molar-refractivity contribution in [3.05, 3.63) is 36.9 Å². The number of rotatable bonds is 8. The molecule has 2 aromatic rings. The van der Waals surface area contributed by atoms with Gasteiger partial charge in [-0.3, -0.25) is 4.99 Å². The Morgan fingerprint density at radius 2 is 2.14 bits per heavy atom. The van der Waals surface area contributed by atoms with Crippen LogP contribution in [0.5, 0.6) is 0 Å². The standard InChI is InChI=1S/C13H19N7S/c14-13(18-3-1-2-11-6-15-10-20-11)19-4-5-21-12-7-16-9-17-8-12/h6-10H,1-5H2,(H,15,20)(H3,14,18,19). The molecule has 0 spiro atoms. The Balaban J connectivity index is 1.54. The Hall–Kier alpha value is -2.09. The molecular formula is C13H19N7S. The van der Waals surface area contributed by atoms with E-state index in [1.54, 1.807) is 30.5 Å². The Morgan fingerprint density at radius 3 is 2.90 bits per heavy atom. The Bertz CT molecular complexity index is 527. The van der Waals surface area contributed by atoms with E-state index in [4.69, 9.17) is 5.73 Å². The third-order valence-corrected chi connectivity index (χ3v) is 3.61. The maximum Gasteiger partial charge on any atom is 0.188 e. The van der Waals surface area contributed by atoms with Crippen LogP contribution < -0.4 is 11.1 Å². The predicted octanol–water partition coefficient (Wildman–Crippen LogP) is 0.829. The van der Waals surface area contributed by atoms with E-state index in [9.17, 15) is 0 Å². The van der Waals surface area contributed by atoms with Gasteiger partial charge in [0.15, 0.2) is 5.96 Å². The highest BCUT2D eigenvalue weighted by atomic mass is 32.2. The van der Waals surface area contributed by atoms with Crippen molar-refractivity contribution in [3.63, 3.8) is 0 Å². The summed E-state index contributed by atoms with van der Waals surface area (Å²) in [5.74, 6) is 1.38. The fourth-order valence-electron chi connectivity index (χ4n) is 1.65. The highest BCUT2D eigenvalue weighted by molar-refractivity contribution is 7.99. The number of hydrogen-bond acceptors (Lipinski definition) is 5. The van der Waals surface area contributed by atoms with Gasteiger partial charge in [-0.25, -0.2) is 15.0 Å². The molecule has 21 heavy (non-hydrogen) atoms. The van der Waals surface area contributed by atoms with Gasteiger partial charge in [-0.1, -0.05) is 0 Å². The van der Waals surface area contributed by atoms with E-state index < -0.39 is 0 Å². The first-order valence-electron chi connectivity index (χ1n) is 6.73. The molecule has 0 aromatic carbocycles. The molecule has 8 heteroatoms. The molecule has 7 nitrogen and oxygen atoms in total. The molecule has 0 aliphatic carbocycles. The molecule has 0 bridgehead atoms. The van der Waals surface area contributed by atoms with Gasteiger partial charge in [0.25, 0.3) is 0 Å². The van der Waals surface area contributed by atoms with E-state index in [0.717, 1.165) is 35.7 Å². The van der Waals surface area contributed by atoms with Crippen LogP contribution in [-0.4, -0.2) is 44.7 Å². The van der Waals surface area contributed by atoms with Crippen LogP contribution in [0.3, 0.4) is 0 Å². The van der Waals surface area contributed by atoms with Gasteiger partial charge in [0.05, 0.1) is 6.33 Å². The van der Waals surface area contributed by atoms with Gasteiger partial charge in [-0.15, -0.1) is 11.8 Å². The van der Waals surface area contributed by atoms with Gasteiger partial charge >= 0.3 is 0 Å². The zero-order chi connectivity index (χ0) is 14.8. The summed E-state index contributed by atoms with van der Waals surface area (Å²) in [5, 5.41) is 3.09. The molecule has 0 aliphatic heterocycles. The SMILES string of the molecule is NC(=NCCCc1cnc[nH]1)NCCSc1cncnc1. The van der Waals surface area contributed by atoms with Crippen molar-refractivity contribution in [3.8, 4) is 0 Å². The zero-order valence-electron chi connectivity index (χ0n) is 11.7. The second kappa shape index (κ2) is 8.96. The number of aryl methyl sites for hydroxylation is 1. The number of aromatic nitrogens is 4. The van der Waals surface area contributed by atoms with Crippen LogP contribution in [0.15, 0.2) is 41.1 Å². The molecule has 4 N–H and O–H groups in total. The molecule has 0 saturated carbocycles. The number of thioether (sulfide) groups is 1. The van der Waals surface area contributed by atoms with Gasteiger partial charge in [0.1, 0.15) is 6.33 Å². The molecule has 112 valence electrons. The van der Waals surface area contributed by atoms with E-state index in [2.05, 4.69) is 30.2 Å². The molecule has 0 amide bonds. The molecule has 0 aliphatic rings. The van der Waals surface area contributed by atoms with Crippen molar-refractivity contribution < 1.29 is 0 Å². The van der Waals surface area contributed by atoms with Crippen LogP contribution in [0.4, 0.5) is 0 Å². The Labute approximate surface area is 127 Å². The van der Waals surface area contributed by atoms with Crippen molar-refractivity contribution in [2.75, 3.05) is 18.8 Å². The average Bonchev–Trinajstić information content (AvgIpc) is 3.02. The van der Waals surface area contributed by atoms with Gasteiger partial charge in [0, 0.05) is 48.0 Å². The monoisotopic (exact) mass is 305 g/mol. The fourth-order valence-corrected chi connectivity index (χ4v) is 2.36. The Kier molecular flexibility index (Phi) is 6.53. The third-order valence-electron chi connectivity index (χ3n) is 2.66. The molecule has 0 saturated heterocycles. The minimum absolute atomic E-state index is 0.490. The summed E-state index contributed by atoms with van der Waals surface area (Å²) in [6, 6.07) is 0. The number of imidazole rings is 1. The van der Waals surface area contributed by atoms with Crippen molar-refractivity contribution >= 4 is 17.7 Å². The number of aliphatic imine (C=N–C) groups is 1. The minimum atomic E-state index is 0.490. The first-order chi connectivity index (χ1) is 10.3. The van der Waals surface area contributed by atoms with Crippen molar-refractivity contribution in [1.29, 1.82) is 0 Å². The Morgan fingerprint density at radius 1 is 1.29 bits per heavy atom. The van der Waals surface area contributed by atoms with Crippen LogP contribution in [0.25, 0.3) is 0 Å². The van der Waals surface area contributed by atoms with Crippen molar-refractivity contribution in [2.45, 2.75) is 17.7 Å². The van der Waals surface area contributed by atoms with E-state index in [1.807, 2.05) is 6.20 Å². The van der Waals surface area contributed by atoms with E-state index >= 15 is 0 Å². The van der Waals surface area contributed by atoms with Gasteiger partial charge < -0.3 is 16.0 Å². The van der Waals surface area contributed by atoms with Gasteiger partial charge in [-0.05, 0) is 12.8 Å². The first kappa shape index (κ1) is 15.3. The summed E-state index contributed by atoms with van der Waals surface area (Å²) in [6.45, 7) is 1.47. The number of aromatic amines is 1. The molecule has 0 radical (unpaired) electrons. The quantitative estimate of drug-likeness (QED) is 0.289. The third kappa shape index (κ3) is 6.26. The topological polar surface area (TPSA) is 105 Å². The number of nitrogens with zero attached hydrogens (tertiary/aromatic N) is 4. The largest absolute Gasteiger partial charge is 0.370 e. The summed E-state index contributed by atoms with van der Waals surface area (Å²) in [5.41, 5.74) is 6.92. The number of H-pyrrole nitrogens is 1. The zero-order valence-corrected chi connectivity index (χ0v) is 12.5. The van der Waals surface area contributed by atoms with E-state index in [-0.39, 0.29) is 0 Å². The number of hydrogen-bond donors (Lipinski definition) is 3. The number of guanidine groups is 1. The normalized spacial score (nSPS) is 11.5. The molecule has 0 unspecified atom stereocenters. The van der Waals surface area contributed by atoms with Crippen molar-refractivity contribution in [2.24, 2.45) is 10.7 Å². The second-order valence-electron chi connectivity index (χ2n) is 4.30. The predicted molar refractivity (Wildman–Crippen MR) is 84.2 cm³/mol. The van der Waals surface area contributed by atoms with Crippen LogP contribution in [0.1, 0.15) is 12.1 Å². The smallest absolute Gasteiger partial charge is 0.188 e. The van der Waals surface area contributed by atoms with Crippen LogP contribution in [0, 0.1) is 0 Å². The van der Waals surface area contributed by atoms with E-state index in [1.165, 1.54) is 6.33 Å². The molecule has 0 atom stereocenters. The fraction of sp³-hybridized carbons (Fsp3) is 0.385. The molecular weight excluding hydrogens is 286 g/mol. The summed E-state index contributed by atoms with van der Waals surface area (Å²) < 4.78 is 0. The summed E-state index contributed by atoms with van der Waals surface area (Å²) in [7, 11) is 0. The summed E-state index contributed by atoms with van der Waals surface area (Å²) in [6.07, 6.45) is 10.5. The van der Waals surface area contributed by atoms with Crippen LogP contribution >= 0.6 is 11.8 Å². The second-order valence-corrected chi connectivity index (χ2v) is 5.47. The lowest BCUT2D eigenvalue weighted by Gasteiger charge is -2.05. The van der Waals surface area contributed by atoms with Gasteiger partial charge in [-0.2, -0.15) is 0 Å². The van der Waals surface area contributed by atoms with Crippen LogP contribution in [0.2, 0.25) is 0 Å². The maximum atomic E-state index is 5.80. The highest BCUT2D eigenvalue weighted by Gasteiger charge is 1.96. The lowest BCUT2D eigenvalue weighted by molar-refractivity contribution is 0.806. The number of nitrogens with one attached hydrogen (secondary N) is 2. The molecule has 0 fully saturated rings. The lowest BCUT2D eigenvalue weighted by atomic mass is 10.2. The van der Waals surface area contributed by atoms with Gasteiger partial charge in [0.2, 0.25) is 0 Å². The van der Waals surface area contributed by atoms with Crippen LogP contribution in [-0.2, 0) is 6.42 Å². The lowest BCUT2D eigenvalue weighted by Crippen LogP contribution is -2.33. The molecule has 2 rings (SSSR count). The highest BCUT2D eigenvalue weighted by Crippen LogP contribution is 2.13. The van der Waals surface area contributed by atoms with E-state index in [0.29, 0.717) is 12.5 Å². The summed E-state index contributed by atoms with van der Waals surface area (Å²) >= 11 is 1.68. The molecule has 2 aromatic heterocycles. The summed E-state index contributed by atoms with van der Waals surface area (Å²) in [4.78, 5) is 20.3. The number of nitrogens with two attached hydrogens (primary N) is 1. The maximum absolute atomic E-state index is 5.80. The minimum Gasteiger partial charge on any atom is -0.370 e. The molecule has 2 heterocycles. The first-order valence-corrected chi connectivity index (χ1v) is 7.72. The average molecular weight is 305 g/mol.